The Bertz CT molecular complexity index is 1110. The van der Waals surface area contributed by atoms with Crippen LogP contribution in [0.15, 0.2) is 24.3 Å². The van der Waals surface area contributed by atoms with Crippen molar-refractivity contribution in [3.05, 3.63) is 52.2 Å². The third-order valence-electron chi connectivity index (χ3n) is 5.68. The summed E-state index contributed by atoms with van der Waals surface area (Å²) in [5.41, 5.74) is -1.30. The molecule has 0 radical (unpaired) electrons. The Morgan fingerprint density at radius 3 is 2.62 bits per heavy atom. The van der Waals surface area contributed by atoms with E-state index in [2.05, 4.69) is 4.98 Å². The zero-order valence-electron chi connectivity index (χ0n) is 18.0. The zero-order chi connectivity index (χ0) is 24.9. The first kappa shape index (κ1) is 24.6. The number of carbonyl (C=O) groups is 1. The van der Waals surface area contributed by atoms with Crippen LogP contribution < -0.4 is 9.80 Å². The molecule has 2 fully saturated rings. The number of aromatic nitrogens is 1. The van der Waals surface area contributed by atoms with Gasteiger partial charge in [0.05, 0.1) is 24.0 Å². The SMILES string of the molecule is Cc1cc(C(F)(F)F)cc(N2C(O)N(CC3CO3)C[C@H]2C(=O)N(C)c2ccc(F)c(Cl)c2F)n1. The van der Waals surface area contributed by atoms with E-state index in [0.29, 0.717) is 6.61 Å². The molecule has 1 aromatic carbocycles. The quantitative estimate of drug-likeness (QED) is 0.382. The molecule has 7 nitrogen and oxygen atoms in total. The number of carbonyl (C=O) groups excluding carboxylic acids is 1. The van der Waals surface area contributed by atoms with Crippen LogP contribution in [0.4, 0.5) is 33.5 Å². The van der Waals surface area contributed by atoms with E-state index in [9.17, 15) is 31.9 Å². The molecule has 2 unspecified atom stereocenters. The van der Waals surface area contributed by atoms with Crippen molar-refractivity contribution in [1.82, 2.24) is 9.88 Å². The van der Waals surface area contributed by atoms with E-state index in [1.807, 2.05) is 0 Å². The number of likely N-dealkylation sites (N-methyl/N-ethyl adjacent to an activating group) is 1. The normalized spacial score (nSPS) is 22.9. The number of aryl methyl sites for hydroxylation is 1. The average molecular weight is 507 g/mol. The standard InChI is InChI=1S/C21H20ClF5N4O3/c1-10-5-11(21(25,26)27)6-16(28-10)31-15(8-30(20(31)33)7-12-9-34-12)19(32)29(2)14-4-3-13(23)17(22)18(14)24/h3-6,12,15,20,33H,7-9H2,1-2H3/t12?,15-,20?/m0/s1. The van der Waals surface area contributed by atoms with Crippen LogP contribution in [-0.4, -0.2) is 66.1 Å². The minimum atomic E-state index is -4.68. The van der Waals surface area contributed by atoms with E-state index in [1.54, 1.807) is 0 Å². The second-order valence-electron chi connectivity index (χ2n) is 8.12. The Kier molecular flexibility index (Phi) is 6.44. The number of halogens is 6. The van der Waals surface area contributed by atoms with E-state index in [1.165, 1.54) is 18.9 Å². The molecule has 2 aliphatic heterocycles. The maximum Gasteiger partial charge on any atom is 0.416 e. The Hall–Kier alpha value is -2.54. The van der Waals surface area contributed by atoms with Crippen molar-refractivity contribution >= 4 is 29.0 Å². The molecular formula is C21H20ClF5N4O3. The molecule has 34 heavy (non-hydrogen) atoms. The van der Waals surface area contributed by atoms with Crippen LogP contribution in [0.25, 0.3) is 0 Å². The van der Waals surface area contributed by atoms with Gasteiger partial charge in [0.15, 0.2) is 12.2 Å². The molecule has 0 saturated carbocycles. The highest BCUT2D eigenvalue weighted by Crippen LogP contribution is 2.35. The van der Waals surface area contributed by atoms with Crippen molar-refractivity contribution in [2.75, 3.05) is 36.5 Å². The Morgan fingerprint density at radius 1 is 1.32 bits per heavy atom. The molecule has 4 rings (SSSR count). The summed E-state index contributed by atoms with van der Waals surface area (Å²) in [6.45, 7) is 1.93. The predicted molar refractivity (Wildman–Crippen MR) is 112 cm³/mol. The Morgan fingerprint density at radius 2 is 2.00 bits per heavy atom. The van der Waals surface area contributed by atoms with Gasteiger partial charge in [-0.2, -0.15) is 13.2 Å². The number of amides is 1. The van der Waals surface area contributed by atoms with Crippen molar-refractivity contribution in [2.45, 2.75) is 31.6 Å². The molecule has 1 aromatic heterocycles. The first-order valence-electron chi connectivity index (χ1n) is 10.2. The van der Waals surface area contributed by atoms with Gasteiger partial charge in [0.1, 0.15) is 22.7 Å². The number of hydrogen-bond acceptors (Lipinski definition) is 6. The summed E-state index contributed by atoms with van der Waals surface area (Å²) in [5.74, 6) is -3.22. The number of anilines is 2. The molecule has 3 atom stereocenters. The second-order valence-corrected chi connectivity index (χ2v) is 8.50. The number of alkyl halides is 3. The van der Waals surface area contributed by atoms with Crippen LogP contribution in [-0.2, 0) is 15.7 Å². The van der Waals surface area contributed by atoms with Crippen molar-refractivity contribution < 1.29 is 36.6 Å². The first-order chi connectivity index (χ1) is 15.9. The molecule has 2 aromatic rings. The maximum atomic E-state index is 14.6. The maximum absolute atomic E-state index is 14.6. The number of epoxide rings is 1. The largest absolute Gasteiger partial charge is 0.416 e. The van der Waals surface area contributed by atoms with Crippen LogP contribution in [0.5, 0.6) is 0 Å². The van der Waals surface area contributed by atoms with Gasteiger partial charge in [-0.25, -0.2) is 13.8 Å². The molecular weight excluding hydrogens is 487 g/mol. The fourth-order valence-electron chi connectivity index (χ4n) is 3.88. The molecule has 0 spiro atoms. The van der Waals surface area contributed by atoms with E-state index in [0.717, 1.165) is 34.1 Å². The number of aliphatic hydroxyl groups excluding tert-OH is 1. The molecule has 0 bridgehead atoms. The van der Waals surface area contributed by atoms with Gasteiger partial charge in [-0.05, 0) is 31.2 Å². The summed E-state index contributed by atoms with van der Waals surface area (Å²) in [4.78, 5) is 20.9. The lowest BCUT2D eigenvalue weighted by atomic mass is 10.1. The van der Waals surface area contributed by atoms with Crippen molar-refractivity contribution in [1.29, 1.82) is 0 Å². The molecule has 0 aliphatic carbocycles. The molecule has 2 aliphatic rings. The average Bonchev–Trinajstić information content (AvgIpc) is 3.52. The zero-order valence-corrected chi connectivity index (χ0v) is 18.7. The molecule has 1 amide bonds. The second kappa shape index (κ2) is 8.91. The molecule has 13 heteroatoms. The van der Waals surface area contributed by atoms with E-state index >= 15 is 0 Å². The highest BCUT2D eigenvalue weighted by atomic mass is 35.5. The fraction of sp³-hybridized carbons (Fsp3) is 0.429. The number of rotatable bonds is 5. The van der Waals surface area contributed by atoms with Crippen LogP contribution in [0.1, 0.15) is 11.3 Å². The van der Waals surface area contributed by atoms with Gasteiger partial charge < -0.3 is 19.6 Å². The van der Waals surface area contributed by atoms with Gasteiger partial charge >= 0.3 is 6.18 Å². The molecule has 3 heterocycles. The van der Waals surface area contributed by atoms with Gasteiger partial charge in [0.25, 0.3) is 5.91 Å². The third kappa shape index (κ3) is 4.67. The summed E-state index contributed by atoms with van der Waals surface area (Å²) in [6, 6.07) is 2.26. The topological polar surface area (TPSA) is 72.4 Å². The molecule has 184 valence electrons. The Labute approximate surface area is 196 Å². The lowest BCUT2D eigenvalue weighted by molar-refractivity contribution is -0.137. The summed E-state index contributed by atoms with van der Waals surface area (Å²) < 4.78 is 73.5. The van der Waals surface area contributed by atoms with Crippen LogP contribution in [0, 0.1) is 18.6 Å². The van der Waals surface area contributed by atoms with Crippen LogP contribution in [0.2, 0.25) is 5.02 Å². The minimum absolute atomic E-state index is 0.0249. The highest BCUT2D eigenvalue weighted by Gasteiger charge is 2.47. The lowest BCUT2D eigenvalue weighted by Crippen LogP contribution is -2.49. The molecule has 2 saturated heterocycles. The van der Waals surface area contributed by atoms with E-state index < -0.39 is 46.7 Å². The molecule has 1 N–H and O–H groups in total. The van der Waals surface area contributed by atoms with Crippen molar-refractivity contribution in [3.8, 4) is 0 Å². The van der Waals surface area contributed by atoms with Gasteiger partial charge in [0.2, 0.25) is 0 Å². The van der Waals surface area contributed by atoms with E-state index in [4.69, 9.17) is 16.3 Å². The number of aliphatic hydroxyl groups is 1. The Balaban J connectivity index is 1.72. The highest BCUT2D eigenvalue weighted by molar-refractivity contribution is 6.31. The fourth-order valence-corrected chi connectivity index (χ4v) is 4.04. The van der Waals surface area contributed by atoms with Crippen LogP contribution >= 0.6 is 11.6 Å². The summed E-state index contributed by atoms with van der Waals surface area (Å²) >= 11 is 5.63. The number of nitrogens with zero attached hydrogens (tertiary/aromatic N) is 4. The lowest BCUT2D eigenvalue weighted by Gasteiger charge is -2.31. The summed E-state index contributed by atoms with van der Waals surface area (Å²) in [5, 5.41) is 10.1. The van der Waals surface area contributed by atoms with Crippen LogP contribution in [0.3, 0.4) is 0 Å². The summed E-state index contributed by atoms with van der Waals surface area (Å²) in [6.07, 6.45) is -6.37. The third-order valence-corrected chi connectivity index (χ3v) is 6.03. The van der Waals surface area contributed by atoms with Crippen molar-refractivity contribution in [3.63, 3.8) is 0 Å². The van der Waals surface area contributed by atoms with E-state index in [-0.39, 0.29) is 36.4 Å². The van der Waals surface area contributed by atoms with Crippen molar-refractivity contribution in [2.24, 2.45) is 0 Å². The predicted octanol–water partition coefficient (Wildman–Crippen LogP) is 3.17. The van der Waals surface area contributed by atoms with Gasteiger partial charge in [-0.3, -0.25) is 9.69 Å². The van der Waals surface area contributed by atoms with Gasteiger partial charge in [0, 0.05) is 25.8 Å². The van der Waals surface area contributed by atoms with Gasteiger partial charge in [-0.15, -0.1) is 0 Å². The summed E-state index contributed by atoms with van der Waals surface area (Å²) in [7, 11) is 1.22. The number of hydrogen-bond donors (Lipinski definition) is 1. The smallest absolute Gasteiger partial charge is 0.372 e. The monoisotopic (exact) mass is 506 g/mol. The number of pyridine rings is 1. The van der Waals surface area contributed by atoms with Gasteiger partial charge in [-0.1, -0.05) is 11.6 Å². The number of ether oxygens (including phenoxy) is 1. The number of benzene rings is 1. The minimum Gasteiger partial charge on any atom is -0.372 e. The first-order valence-corrected chi connectivity index (χ1v) is 10.5.